The number of halogens is 3. The average molecular weight is 642 g/mol. The van der Waals surface area contributed by atoms with Crippen LogP contribution in [0.3, 0.4) is 0 Å². The first-order valence-corrected chi connectivity index (χ1v) is 17.9. The predicted octanol–water partition coefficient (Wildman–Crippen LogP) is 12.0. The topological polar surface area (TPSA) is 43.1 Å². The largest absolute Gasteiger partial charge is 0.449 e. The molecule has 2 N–H and O–H groups in total. The SMILES string of the molecule is CC(C)c1ccc2c(c1)CC[C@H]1[C@](C)(CN)CCC[C@]21C.CCCCC/C=C\C/C=C\C/C=C\C/C=C\CCCC(=O)C(F)(F)F. The number of hydrogen-bond acceptors (Lipinski definition) is 2. The molecule has 1 aromatic carbocycles. The molecule has 2 aliphatic carbocycles. The summed E-state index contributed by atoms with van der Waals surface area (Å²) in [6, 6.07) is 7.29. The lowest BCUT2D eigenvalue weighted by atomic mass is 9.50. The van der Waals surface area contributed by atoms with E-state index in [-0.39, 0.29) is 6.42 Å². The molecule has 3 atom stereocenters. The Hall–Kier alpha value is -2.40. The molecule has 0 unspecified atom stereocenters. The summed E-state index contributed by atoms with van der Waals surface area (Å²) in [4.78, 5) is 10.7. The van der Waals surface area contributed by atoms with Crippen LogP contribution >= 0.6 is 0 Å². The lowest BCUT2D eigenvalue weighted by molar-refractivity contribution is -0.171. The lowest BCUT2D eigenvalue weighted by Gasteiger charge is -2.55. The zero-order chi connectivity index (χ0) is 34.1. The van der Waals surface area contributed by atoms with Crippen molar-refractivity contribution >= 4 is 5.78 Å². The van der Waals surface area contributed by atoms with Crippen LogP contribution in [0.25, 0.3) is 0 Å². The van der Waals surface area contributed by atoms with E-state index in [0.717, 1.165) is 38.1 Å². The number of Topliss-reactive ketones (excluding diaryl/α,β-unsaturated/α-hetero) is 1. The molecule has 3 rings (SSSR count). The van der Waals surface area contributed by atoms with Crippen molar-refractivity contribution in [2.24, 2.45) is 17.1 Å². The number of ketones is 1. The molecule has 1 saturated carbocycles. The van der Waals surface area contributed by atoms with Gasteiger partial charge in [-0.2, -0.15) is 13.2 Å². The Morgan fingerprint density at radius 3 is 2.04 bits per heavy atom. The van der Waals surface area contributed by atoms with Gasteiger partial charge in [-0.25, -0.2) is 0 Å². The van der Waals surface area contributed by atoms with Crippen LogP contribution in [-0.2, 0) is 16.6 Å². The monoisotopic (exact) mass is 641 g/mol. The third kappa shape index (κ3) is 12.7. The molecule has 0 heterocycles. The second-order valence-corrected chi connectivity index (χ2v) is 14.2. The minimum atomic E-state index is -4.69. The molecule has 46 heavy (non-hydrogen) atoms. The highest BCUT2D eigenvalue weighted by atomic mass is 19.4. The van der Waals surface area contributed by atoms with Gasteiger partial charge in [0.2, 0.25) is 5.78 Å². The zero-order valence-electron chi connectivity index (χ0n) is 29.4. The zero-order valence-corrected chi connectivity index (χ0v) is 29.4. The van der Waals surface area contributed by atoms with Crippen LogP contribution in [0.1, 0.15) is 147 Å². The fraction of sp³-hybridized carbons (Fsp3) is 0.634. The number of carbonyl (C=O) groups is 1. The van der Waals surface area contributed by atoms with Crippen molar-refractivity contribution in [1.82, 2.24) is 0 Å². The van der Waals surface area contributed by atoms with E-state index in [0.29, 0.717) is 23.2 Å². The van der Waals surface area contributed by atoms with E-state index in [9.17, 15) is 18.0 Å². The molecule has 0 bridgehead atoms. The lowest BCUT2D eigenvalue weighted by Crippen LogP contribution is -2.51. The molecular weight excluding hydrogens is 579 g/mol. The Morgan fingerprint density at radius 1 is 0.913 bits per heavy atom. The summed E-state index contributed by atoms with van der Waals surface area (Å²) >= 11 is 0. The Balaban J connectivity index is 0.000000323. The Kier molecular flexibility index (Phi) is 17.4. The Bertz CT molecular complexity index is 1160. The number of benzene rings is 1. The van der Waals surface area contributed by atoms with Gasteiger partial charge in [-0.1, -0.05) is 121 Å². The number of alkyl halides is 3. The first-order valence-electron chi connectivity index (χ1n) is 17.9. The summed E-state index contributed by atoms with van der Waals surface area (Å²) in [6.45, 7) is 12.6. The molecule has 2 aliphatic rings. The minimum Gasteiger partial charge on any atom is -0.330 e. The second kappa shape index (κ2) is 20.1. The van der Waals surface area contributed by atoms with Gasteiger partial charge in [0.05, 0.1) is 0 Å². The van der Waals surface area contributed by atoms with Crippen molar-refractivity contribution in [2.45, 2.75) is 148 Å². The summed E-state index contributed by atoms with van der Waals surface area (Å²) in [5, 5.41) is 0. The van der Waals surface area contributed by atoms with Crippen molar-refractivity contribution in [1.29, 1.82) is 0 Å². The maximum atomic E-state index is 12.0. The highest BCUT2D eigenvalue weighted by Crippen LogP contribution is 2.57. The van der Waals surface area contributed by atoms with Crippen LogP contribution in [0.15, 0.2) is 66.8 Å². The van der Waals surface area contributed by atoms with Gasteiger partial charge in [-0.3, -0.25) is 4.79 Å². The van der Waals surface area contributed by atoms with Crippen molar-refractivity contribution in [3.8, 4) is 0 Å². The molecule has 0 amide bonds. The molecule has 1 aromatic rings. The van der Waals surface area contributed by atoms with Crippen LogP contribution in [0.4, 0.5) is 13.2 Å². The van der Waals surface area contributed by atoms with Crippen molar-refractivity contribution in [2.75, 3.05) is 6.54 Å². The molecule has 0 saturated heterocycles. The van der Waals surface area contributed by atoms with Gasteiger partial charge in [0.25, 0.3) is 0 Å². The average Bonchev–Trinajstić information content (AvgIpc) is 3.02. The standard InChI is InChI=1S/C21H31F3O.C20H31N/c1-2-3-4-5-6-7-8-9-10-11-12-13-14-15-16-17-18-19-20(25)21(22,23)24;1-14(2)15-6-8-17-16(12-15)7-9-18-19(3,13-21)10-5-11-20(17,18)4/h6-7,9-10,12-13,15-16H,2-5,8,11,14,17-19H2,1H3;6,8,12,14,18H,5,7,9-11,13,21H2,1-4H3/b7-6-,10-9-,13-12-,16-15-;/t;18-,19-,20+/m.0/s1. The number of hydrogen-bond donors (Lipinski definition) is 1. The van der Waals surface area contributed by atoms with Crippen LogP contribution in [0, 0.1) is 11.3 Å². The minimum absolute atomic E-state index is 0.243. The van der Waals surface area contributed by atoms with Crippen molar-refractivity contribution < 1.29 is 18.0 Å². The second-order valence-electron chi connectivity index (χ2n) is 14.2. The number of unbranched alkanes of at least 4 members (excludes halogenated alkanes) is 4. The number of aryl methyl sites for hydroxylation is 1. The molecule has 0 aromatic heterocycles. The van der Waals surface area contributed by atoms with Crippen LogP contribution in [-0.4, -0.2) is 18.5 Å². The molecule has 2 nitrogen and oxygen atoms in total. The molecule has 1 fully saturated rings. The fourth-order valence-electron chi connectivity index (χ4n) is 7.33. The number of carbonyl (C=O) groups excluding carboxylic acids is 1. The normalized spacial score (nSPS) is 23.3. The summed E-state index contributed by atoms with van der Waals surface area (Å²) in [7, 11) is 0. The fourth-order valence-corrected chi connectivity index (χ4v) is 7.33. The molecule has 258 valence electrons. The highest BCUT2D eigenvalue weighted by molar-refractivity contribution is 5.83. The van der Waals surface area contributed by atoms with Gasteiger partial charge in [-0.05, 0) is 117 Å². The van der Waals surface area contributed by atoms with Crippen molar-refractivity contribution in [3.05, 3.63) is 83.5 Å². The molecule has 0 radical (unpaired) electrons. The third-order valence-electron chi connectivity index (χ3n) is 10.2. The summed E-state index contributed by atoms with van der Waals surface area (Å²) in [5.74, 6) is -0.258. The van der Waals surface area contributed by atoms with E-state index in [1.54, 1.807) is 11.1 Å². The number of allylic oxidation sites excluding steroid dienone is 8. The van der Waals surface area contributed by atoms with Gasteiger partial charge in [-0.15, -0.1) is 0 Å². The van der Waals surface area contributed by atoms with E-state index in [1.165, 1.54) is 56.9 Å². The van der Waals surface area contributed by atoms with Gasteiger partial charge < -0.3 is 5.73 Å². The number of fused-ring (bicyclic) bond motifs is 3. The molecule has 0 aliphatic heterocycles. The quantitative estimate of drug-likeness (QED) is 0.144. The first-order chi connectivity index (χ1) is 21.9. The first kappa shape index (κ1) is 39.8. The van der Waals surface area contributed by atoms with Gasteiger partial charge in [0, 0.05) is 6.42 Å². The summed E-state index contributed by atoms with van der Waals surface area (Å²) < 4.78 is 35.9. The number of rotatable bonds is 16. The molecule has 0 spiro atoms. The van der Waals surface area contributed by atoms with Crippen LogP contribution in [0.5, 0.6) is 0 Å². The van der Waals surface area contributed by atoms with E-state index in [2.05, 4.69) is 83.2 Å². The van der Waals surface area contributed by atoms with E-state index >= 15 is 0 Å². The van der Waals surface area contributed by atoms with E-state index < -0.39 is 18.4 Å². The van der Waals surface area contributed by atoms with Gasteiger partial charge >= 0.3 is 6.18 Å². The highest BCUT2D eigenvalue weighted by Gasteiger charge is 2.51. The van der Waals surface area contributed by atoms with E-state index in [1.807, 2.05) is 18.2 Å². The van der Waals surface area contributed by atoms with Crippen LogP contribution < -0.4 is 5.73 Å². The van der Waals surface area contributed by atoms with Crippen molar-refractivity contribution in [3.63, 3.8) is 0 Å². The molecular formula is C41H62F3NO. The van der Waals surface area contributed by atoms with E-state index in [4.69, 9.17) is 5.73 Å². The summed E-state index contributed by atoms with van der Waals surface area (Å²) in [6.07, 6.45) is 26.3. The maximum absolute atomic E-state index is 12.0. The summed E-state index contributed by atoms with van der Waals surface area (Å²) in [5.41, 5.74) is 11.6. The third-order valence-corrected chi connectivity index (χ3v) is 10.2. The van der Waals surface area contributed by atoms with Gasteiger partial charge in [0.1, 0.15) is 0 Å². The maximum Gasteiger partial charge on any atom is 0.449 e. The Morgan fingerprint density at radius 2 is 1.50 bits per heavy atom. The van der Waals surface area contributed by atoms with Crippen LogP contribution in [0.2, 0.25) is 0 Å². The van der Waals surface area contributed by atoms with Gasteiger partial charge in [0.15, 0.2) is 0 Å². The molecule has 5 heteroatoms. The Labute approximate surface area is 278 Å². The number of nitrogens with two attached hydrogens (primary N) is 1. The smallest absolute Gasteiger partial charge is 0.330 e. The predicted molar refractivity (Wildman–Crippen MR) is 190 cm³/mol.